The Balaban J connectivity index is 1.68. The van der Waals surface area contributed by atoms with Gasteiger partial charge in [-0.3, -0.25) is 4.79 Å². The van der Waals surface area contributed by atoms with Gasteiger partial charge in [0, 0.05) is 31.9 Å². The molecule has 6 nitrogen and oxygen atoms in total. The van der Waals surface area contributed by atoms with Crippen LogP contribution in [0.15, 0.2) is 41.2 Å². The van der Waals surface area contributed by atoms with Crippen molar-refractivity contribution in [2.45, 2.75) is 19.4 Å². The summed E-state index contributed by atoms with van der Waals surface area (Å²) in [4.78, 5) is 19.3. The average Bonchev–Trinajstić information content (AvgIpc) is 2.73. The lowest BCUT2D eigenvalue weighted by Gasteiger charge is -2.39. The number of anilines is 2. The van der Waals surface area contributed by atoms with E-state index in [4.69, 9.17) is 11.6 Å². The maximum Gasteiger partial charge on any atom is 0.270 e. The highest BCUT2D eigenvalue weighted by atomic mass is 35.5. The van der Waals surface area contributed by atoms with Gasteiger partial charge >= 0.3 is 0 Å². The summed E-state index contributed by atoms with van der Waals surface area (Å²) < 4.78 is 14.6. The number of fused-ring (bicyclic) bond motifs is 1. The fraction of sp³-hybridized carbons (Fsp3) is 0.318. The molecule has 1 aromatic carbocycles. The van der Waals surface area contributed by atoms with E-state index in [-0.39, 0.29) is 28.9 Å². The first kappa shape index (κ1) is 20.2. The van der Waals surface area contributed by atoms with Gasteiger partial charge in [0.05, 0.1) is 11.2 Å². The Bertz CT molecular complexity index is 1200. The van der Waals surface area contributed by atoms with Crippen LogP contribution in [0.2, 0.25) is 5.15 Å². The number of piperidine rings is 1. The van der Waals surface area contributed by atoms with Gasteiger partial charge in [-0.1, -0.05) is 18.5 Å². The lowest BCUT2D eigenvalue weighted by atomic mass is 9.92. The number of aromatic nitrogens is 2. The predicted octanol–water partition coefficient (Wildman–Crippen LogP) is 3.92. The van der Waals surface area contributed by atoms with Crippen LogP contribution in [-0.4, -0.2) is 28.7 Å². The number of benzene rings is 1. The molecule has 0 aliphatic carbocycles. The van der Waals surface area contributed by atoms with Crippen molar-refractivity contribution in [1.29, 1.82) is 5.26 Å². The van der Waals surface area contributed by atoms with Crippen LogP contribution < -0.4 is 15.8 Å². The Kier molecular flexibility index (Phi) is 5.35. The number of hydrogen-bond donors (Lipinski definition) is 1. The summed E-state index contributed by atoms with van der Waals surface area (Å²) in [7, 11) is 1.63. The average molecular weight is 426 g/mol. The summed E-state index contributed by atoms with van der Waals surface area (Å²) in [5.41, 5.74) is 2.34. The number of halogens is 2. The van der Waals surface area contributed by atoms with Gasteiger partial charge in [-0.05, 0) is 48.7 Å². The number of aryl methyl sites for hydroxylation is 1. The Morgan fingerprint density at radius 1 is 1.27 bits per heavy atom. The van der Waals surface area contributed by atoms with Gasteiger partial charge in [-0.25, -0.2) is 9.37 Å². The number of nitrogens with one attached hydrogen (secondary N) is 1. The molecule has 0 bridgehead atoms. The summed E-state index contributed by atoms with van der Waals surface area (Å²) in [6.45, 7) is 3.40. The monoisotopic (exact) mass is 425 g/mol. The molecule has 2 atom stereocenters. The minimum absolute atomic E-state index is 0.0805. The zero-order chi connectivity index (χ0) is 21.4. The lowest BCUT2D eigenvalue weighted by molar-refractivity contribution is 0.404. The lowest BCUT2D eigenvalue weighted by Crippen LogP contribution is -2.46. The number of pyridine rings is 2. The van der Waals surface area contributed by atoms with E-state index in [0.29, 0.717) is 35.0 Å². The molecule has 1 saturated heterocycles. The zero-order valence-electron chi connectivity index (χ0n) is 16.7. The fourth-order valence-electron chi connectivity index (χ4n) is 4.10. The van der Waals surface area contributed by atoms with Crippen molar-refractivity contribution in [1.82, 2.24) is 9.55 Å². The highest BCUT2D eigenvalue weighted by Crippen LogP contribution is 2.32. The fourth-order valence-corrected chi connectivity index (χ4v) is 4.25. The first-order chi connectivity index (χ1) is 14.4. The molecule has 0 amide bonds. The highest BCUT2D eigenvalue weighted by Gasteiger charge is 2.30. The molecule has 2 aromatic heterocycles. The van der Waals surface area contributed by atoms with Gasteiger partial charge in [0.2, 0.25) is 0 Å². The molecule has 4 rings (SSSR count). The summed E-state index contributed by atoms with van der Waals surface area (Å²) in [6.07, 6.45) is 0.792. The second kappa shape index (κ2) is 7.96. The molecule has 3 heterocycles. The standard InChI is InChI=1S/C22H21ClFN5O/c1-13-12-29(10-9-17(13)26-15-5-3-14(24)4-6-15)21-16(11-25)22(30)28(2)18-7-8-19(23)27-20(18)21/h3-8,13,17,26H,9-10,12H2,1-2H3/t13-,17-/m1/s1. The van der Waals surface area contributed by atoms with Crippen LogP contribution in [0, 0.1) is 23.1 Å². The Hall–Kier alpha value is -3.11. The van der Waals surface area contributed by atoms with E-state index in [9.17, 15) is 14.4 Å². The van der Waals surface area contributed by atoms with Gasteiger partial charge in [0.1, 0.15) is 28.1 Å². The van der Waals surface area contributed by atoms with E-state index in [1.165, 1.54) is 16.7 Å². The summed E-state index contributed by atoms with van der Waals surface area (Å²) >= 11 is 6.13. The van der Waals surface area contributed by atoms with Crippen molar-refractivity contribution in [2.75, 3.05) is 23.3 Å². The first-order valence-corrected chi connectivity index (χ1v) is 10.1. The number of nitriles is 1. The number of hydrogen-bond acceptors (Lipinski definition) is 5. The van der Waals surface area contributed by atoms with Gasteiger partial charge in [-0.15, -0.1) is 0 Å². The first-order valence-electron chi connectivity index (χ1n) is 9.75. The summed E-state index contributed by atoms with van der Waals surface area (Å²) in [5, 5.41) is 13.5. The second-order valence-electron chi connectivity index (χ2n) is 7.67. The molecule has 1 fully saturated rings. The van der Waals surface area contributed by atoms with Gasteiger partial charge in [0.15, 0.2) is 0 Å². The van der Waals surface area contributed by atoms with Crippen molar-refractivity contribution < 1.29 is 4.39 Å². The maximum atomic E-state index is 13.2. The van der Waals surface area contributed by atoms with Crippen molar-refractivity contribution in [3.63, 3.8) is 0 Å². The van der Waals surface area contributed by atoms with Crippen LogP contribution in [0.3, 0.4) is 0 Å². The third-order valence-electron chi connectivity index (χ3n) is 5.71. The van der Waals surface area contributed by atoms with E-state index in [1.54, 1.807) is 31.3 Å². The van der Waals surface area contributed by atoms with E-state index in [2.05, 4.69) is 28.2 Å². The van der Waals surface area contributed by atoms with Crippen LogP contribution in [0.1, 0.15) is 18.9 Å². The summed E-state index contributed by atoms with van der Waals surface area (Å²) in [6, 6.07) is 12.0. The molecule has 0 spiro atoms. The van der Waals surface area contributed by atoms with Gasteiger partial charge < -0.3 is 14.8 Å². The molecule has 8 heteroatoms. The Morgan fingerprint density at radius 3 is 2.67 bits per heavy atom. The highest BCUT2D eigenvalue weighted by molar-refractivity contribution is 6.29. The molecular weight excluding hydrogens is 405 g/mol. The molecule has 154 valence electrons. The van der Waals surface area contributed by atoms with Crippen molar-refractivity contribution in [3.05, 3.63) is 63.3 Å². The van der Waals surface area contributed by atoms with Gasteiger partial charge in [0.25, 0.3) is 5.56 Å². The van der Waals surface area contributed by atoms with Gasteiger partial charge in [-0.2, -0.15) is 5.26 Å². The van der Waals surface area contributed by atoms with Crippen LogP contribution in [0.25, 0.3) is 11.0 Å². The van der Waals surface area contributed by atoms with Crippen LogP contribution in [0.5, 0.6) is 0 Å². The minimum atomic E-state index is -0.344. The van der Waals surface area contributed by atoms with E-state index in [0.717, 1.165) is 12.1 Å². The molecule has 1 aliphatic heterocycles. The normalized spacial score (nSPS) is 19.0. The molecule has 30 heavy (non-hydrogen) atoms. The number of nitrogens with zero attached hydrogens (tertiary/aromatic N) is 4. The molecule has 1 N–H and O–H groups in total. The number of rotatable bonds is 3. The largest absolute Gasteiger partial charge is 0.382 e. The van der Waals surface area contributed by atoms with Crippen molar-refractivity contribution in [2.24, 2.45) is 13.0 Å². The topological polar surface area (TPSA) is 74.0 Å². The maximum absolute atomic E-state index is 13.2. The second-order valence-corrected chi connectivity index (χ2v) is 8.06. The van der Waals surface area contributed by atoms with Crippen molar-refractivity contribution >= 4 is 34.0 Å². The molecule has 0 unspecified atom stereocenters. The van der Waals surface area contributed by atoms with E-state index < -0.39 is 0 Å². The predicted molar refractivity (Wildman–Crippen MR) is 117 cm³/mol. The quantitative estimate of drug-likeness (QED) is 0.644. The third kappa shape index (κ3) is 3.59. The smallest absolute Gasteiger partial charge is 0.270 e. The van der Waals surface area contributed by atoms with E-state index >= 15 is 0 Å². The molecular formula is C22H21ClFN5O. The molecule has 3 aromatic rings. The van der Waals surface area contributed by atoms with Crippen LogP contribution in [0.4, 0.5) is 15.8 Å². The van der Waals surface area contributed by atoms with Crippen LogP contribution >= 0.6 is 11.6 Å². The Morgan fingerprint density at radius 2 is 2.00 bits per heavy atom. The SMILES string of the molecule is C[C@@H]1CN(c2c(C#N)c(=O)n(C)c3ccc(Cl)nc23)CC[C@H]1Nc1ccc(F)cc1. The third-order valence-corrected chi connectivity index (χ3v) is 5.92. The minimum Gasteiger partial charge on any atom is -0.382 e. The molecule has 0 radical (unpaired) electrons. The molecule has 0 saturated carbocycles. The zero-order valence-corrected chi connectivity index (χ0v) is 17.4. The van der Waals surface area contributed by atoms with Crippen molar-refractivity contribution in [3.8, 4) is 6.07 Å². The summed E-state index contributed by atoms with van der Waals surface area (Å²) in [5.74, 6) is -0.0511. The Labute approximate surface area is 178 Å². The van der Waals surface area contributed by atoms with Crippen LogP contribution in [-0.2, 0) is 7.05 Å². The molecule has 1 aliphatic rings. The van der Waals surface area contributed by atoms with E-state index in [1.807, 2.05) is 0 Å².